The molecule has 0 spiro atoms. The van der Waals surface area contributed by atoms with Crippen LogP contribution in [0.4, 0.5) is 5.69 Å². The highest BCUT2D eigenvalue weighted by molar-refractivity contribution is 5.89. The molecule has 3 heterocycles. The van der Waals surface area contributed by atoms with Crippen LogP contribution < -0.4 is 15.0 Å². The number of pyridine rings is 1. The van der Waals surface area contributed by atoms with E-state index in [9.17, 15) is 9.59 Å². The van der Waals surface area contributed by atoms with Crippen molar-refractivity contribution in [1.29, 1.82) is 0 Å². The highest BCUT2D eigenvalue weighted by Gasteiger charge is 2.36. The molecule has 0 aliphatic carbocycles. The van der Waals surface area contributed by atoms with Crippen LogP contribution in [0.15, 0.2) is 30.6 Å². The second kappa shape index (κ2) is 9.19. The largest absolute Gasteiger partial charge is 0.489 e. The Kier molecular flexibility index (Phi) is 6.97. The molecule has 2 fully saturated rings. The fourth-order valence-electron chi connectivity index (χ4n) is 3.13. The Bertz CT molecular complexity index is 634. The van der Waals surface area contributed by atoms with Gasteiger partial charge in [0.15, 0.2) is 0 Å². The lowest BCUT2D eigenvalue weighted by molar-refractivity contribution is -0.134. The van der Waals surface area contributed by atoms with E-state index < -0.39 is 11.9 Å². The van der Waals surface area contributed by atoms with Crippen molar-refractivity contribution in [2.24, 2.45) is 11.8 Å². The zero-order valence-electron chi connectivity index (χ0n) is 15.0. The molecule has 2 aliphatic heterocycles. The van der Waals surface area contributed by atoms with Crippen LogP contribution in [0, 0.1) is 11.8 Å². The van der Waals surface area contributed by atoms with Gasteiger partial charge in [0, 0.05) is 44.4 Å². The van der Waals surface area contributed by atoms with Crippen LogP contribution in [0.3, 0.4) is 0 Å². The van der Waals surface area contributed by atoms with Crippen molar-refractivity contribution in [3.63, 3.8) is 0 Å². The maximum Gasteiger partial charge on any atom is 0.328 e. The van der Waals surface area contributed by atoms with Crippen molar-refractivity contribution in [3.05, 3.63) is 30.6 Å². The number of anilines is 1. The molecule has 3 N–H and O–H groups in total. The van der Waals surface area contributed by atoms with Crippen LogP contribution >= 0.6 is 0 Å². The lowest BCUT2D eigenvalue weighted by atomic mass is 10.0. The molecule has 1 aromatic heterocycles. The number of carboxylic acid groups (broad SMARTS) is 2. The average Bonchev–Trinajstić information content (AvgIpc) is 3.15. The summed E-state index contributed by atoms with van der Waals surface area (Å²) in [7, 11) is 0. The Morgan fingerprint density at radius 2 is 1.77 bits per heavy atom. The summed E-state index contributed by atoms with van der Waals surface area (Å²) in [6, 6.07) is 2.11. The number of fused-ring (bicyclic) bond motifs is 1. The second-order valence-corrected chi connectivity index (χ2v) is 6.64. The molecule has 142 valence electrons. The molecule has 3 rings (SSSR count). The third kappa shape index (κ3) is 6.03. The van der Waals surface area contributed by atoms with Crippen LogP contribution in [0.2, 0.25) is 0 Å². The van der Waals surface area contributed by atoms with Crippen LogP contribution in [0.5, 0.6) is 5.75 Å². The fraction of sp³-hybridized carbons (Fsp3) is 0.500. The maximum atomic E-state index is 9.55. The molecule has 0 bridgehead atoms. The zero-order chi connectivity index (χ0) is 19.1. The highest BCUT2D eigenvalue weighted by Crippen LogP contribution is 2.31. The standard InChI is InChI=1S/C14H21N3O.C4H4O4/c1-10(2)18-14-3-13(6-16-7-14)17-8-11-4-15-5-12(11)9-17;5-3(6)1-2-4(7)8/h3,6-7,10-12,15H,4-5,8-9H2,1-2H3;1-2H,(H,5,6)(H,7,8). The third-order valence-electron chi connectivity index (χ3n) is 4.19. The summed E-state index contributed by atoms with van der Waals surface area (Å²) in [5.74, 6) is -0.0307. The van der Waals surface area contributed by atoms with Crippen LogP contribution in [0.25, 0.3) is 0 Å². The molecule has 2 saturated heterocycles. The summed E-state index contributed by atoms with van der Waals surface area (Å²) in [6.45, 7) is 8.69. The summed E-state index contributed by atoms with van der Waals surface area (Å²) in [6.07, 6.45) is 5.05. The number of nitrogens with one attached hydrogen (secondary N) is 1. The molecule has 0 aromatic carbocycles. The predicted molar refractivity (Wildman–Crippen MR) is 96.5 cm³/mol. The van der Waals surface area contributed by atoms with Crippen LogP contribution in [-0.2, 0) is 9.59 Å². The van der Waals surface area contributed by atoms with Crippen LogP contribution in [0.1, 0.15) is 13.8 Å². The molecule has 2 aliphatic rings. The minimum Gasteiger partial charge on any atom is -0.489 e. The van der Waals surface area contributed by atoms with Gasteiger partial charge >= 0.3 is 11.9 Å². The van der Waals surface area contributed by atoms with E-state index >= 15 is 0 Å². The Labute approximate surface area is 152 Å². The first-order valence-corrected chi connectivity index (χ1v) is 8.56. The molecule has 8 nitrogen and oxygen atoms in total. The van der Waals surface area contributed by atoms with Crippen molar-refractivity contribution in [2.75, 3.05) is 31.1 Å². The molecule has 26 heavy (non-hydrogen) atoms. The number of hydrogen-bond donors (Lipinski definition) is 3. The minimum atomic E-state index is -1.26. The number of aromatic nitrogens is 1. The van der Waals surface area contributed by atoms with E-state index in [4.69, 9.17) is 14.9 Å². The quantitative estimate of drug-likeness (QED) is 0.670. The van der Waals surface area contributed by atoms with Crippen molar-refractivity contribution in [1.82, 2.24) is 10.3 Å². The molecule has 8 heteroatoms. The Morgan fingerprint density at radius 1 is 1.19 bits per heavy atom. The van der Waals surface area contributed by atoms with Gasteiger partial charge in [-0.15, -0.1) is 0 Å². The summed E-state index contributed by atoms with van der Waals surface area (Å²) in [4.78, 5) is 25.8. The molecule has 0 saturated carbocycles. The van der Waals surface area contributed by atoms with Gasteiger partial charge in [-0.1, -0.05) is 0 Å². The van der Waals surface area contributed by atoms with Crippen LogP contribution in [-0.4, -0.2) is 59.4 Å². The van der Waals surface area contributed by atoms with E-state index in [1.807, 2.05) is 20.0 Å². The topological polar surface area (TPSA) is 112 Å². The monoisotopic (exact) mass is 363 g/mol. The first-order valence-electron chi connectivity index (χ1n) is 8.56. The van der Waals surface area contributed by atoms with Gasteiger partial charge in [0.2, 0.25) is 0 Å². The number of hydrogen-bond acceptors (Lipinski definition) is 6. The molecule has 2 atom stereocenters. The zero-order valence-corrected chi connectivity index (χ0v) is 15.0. The number of aliphatic carboxylic acids is 2. The van der Waals surface area contributed by atoms with Gasteiger partial charge in [0.25, 0.3) is 0 Å². The van der Waals surface area contributed by atoms with Crippen molar-refractivity contribution >= 4 is 17.6 Å². The van der Waals surface area contributed by atoms with E-state index in [1.54, 1.807) is 6.20 Å². The number of nitrogens with zero attached hydrogens (tertiary/aromatic N) is 2. The maximum absolute atomic E-state index is 9.55. The van der Waals surface area contributed by atoms with Gasteiger partial charge in [-0.2, -0.15) is 0 Å². The molecule has 0 radical (unpaired) electrons. The van der Waals surface area contributed by atoms with Gasteiger partial charge in [-0.25, -0.2) is 9.59 Å². The summed E-state index contributed by atoms with van der Waals surface area (Å²) >= 11 is 0. The lowest BCUT2D eigenvalue weighted by Crippen LogP contribution is -2.25. The Balaban J connectivity index is 0.000000260. The number of ether oxygens (including phenoxy) is 1. The van der Waals surface area contributed by atoms with E-state index in [0.29, 0.717) is 12.2 Å². The van der Waals surface area contributed by atoms with Gasteiger partial charge in [-0.3, -0.25) is 4.98 Å². The van der Waals surface area contributed by atoms with E-state index in [2.05, 4.69) is 21.3 Å². The van der Waals surface area contributed by atoms with E-state index in [0.717, 1.165) is 43.8 Å². The van der Waals surface area contributed by atoms with Crippen molar-refractivity contribution < 1.29 is 24.5 Å². The van der Waals surface area contributed by atoms with Gasteiger partial charge in [-0.05, 0) is 25.7 Å². The summed E-state index contributed by atoms with van der Waals surface area (Å²) in [5.41, 5.74) is 1.20. The van der Waals surface area contributed by atoms with Gasteiger partial charge in [0.1, 0.15) is 5.75 Å². The molecular weight excluding hydrogens is 338 g/mol. The first-order chi connectivity index (χ1) is 12.3. The van der Waals surface area contributed by atoms with E-state index in [-0.39, 0.29) is 6.10 Å². The highest BCUT2D eigenvalue weighted by atomic mass is 16.5. The molecule has 0 amide bonds. The number of carboxylic acids is 2. The Morgan fingerprint density at radius 3 is 2.27 bits per heavy atom. The van der Waals surface area contributed by atoms with Gasteiger partial charge < -0.3 is 25.2 Å². The SMILES string of the molecule is CC(C)Oc1cncc(N2CC3CNCC3C2)c1.O=C(O)C=CC(=O)O. The Hall–Kier alpha value is -2.61. The second-order valence-electron chi connectivity index (χ2n) is 6.64. The predicted octanol–water partition coefficient (Wildman–Crippen LogP) is 1.24. The normalized spacial score (nSPS) is 21.4. The summed E-state index contributed by atoms with van der Waals surface area (Å²) < 4.78 is 5.71. The molecule has 2 unspecified atom stereocenters. The minimum absolute atomic E-state index is 0.198. The number of carbonyl (C=O) groups is 2. The smallest absolute Gasteiger partial charge is 0.328 e. The van der Waals surface area contributed by atoms with Crippen molar-refractivity contribution in [3.8, 4) is 5.75 Å². The first kappa shape index (κ1) is 19.7. The fourth-order valence-corrected chi connectivity index (χ4v) is 3.13. The average molecular weight is 363 g/mol. The third-order valence-corrected chi connectivity index (χ3v) is 4.19. The van der Waals surface area contributed by atoms with Gasteiger partial charge in [0.05, 0.1) is 24.2 Å². The molecular formula is C18H25N3O5. The lowest BCUT2D eigenvalue weighted by Gasteiger charge is -2.20. The number of rotatable bonds is 5. The molecule has 1 aromatic rings. The van der Waals surface area contributed by atoms with E-state index in [1.165, 1.54) is 5.69 Å². The van der Waals surface area contributed by atoms with Crippen molar-refractivity contribution in [2.45, 2.75) is 20.0 Å². The summed E-state index contributed by atoms with van der Waals surface area (Å²) in [5, 5.41) is 19.1.